The van der Waals surface area contributed by atoms with Gasteiger partial charge in [-0.2, -0.15) is 0 Å². The van der Waals surface area contributed by atoms with E-state index in [9.17, 15) is 4.79 Å². The van der Waals surface area contributed by atoms with E-state index in [4.69, 9.17) is 5.73 Å². The molecule has 1 amide bonds. The molecule has 0 aliphatic heterocycles. The Morgan fingerprint density at radius 2 is 1.90 bits per heavy atom. The van der Waals surface area contributed by atoms with Gasteiger partial charge in [0.25, 0.3) is 5.91 Å². The van der Waals surface area contributed by atoms with Gasteiger partial charge in [-0.15, -0.1) is 0 Å². The summed E-state index contributed by atoms with van der Waals surface area (Å²) < 4.78 is 0. The first-order chi connectivity index (χ1) is 9.63. The number of fused-ring (bicyclic) bond motifs is 1. The molecule has 0 atom stereocenters. The van der Waals surface area contributed by atoms with Crippen LogP contribution in [0.3, 0.4) is 0 Å². The number of hydrogen-bond donors (Lipinski definition) is 2. The van der Waals surface area contributed by atoms with Crippen LogP contribution in [0.15, 0.2) is 36.4 Å². The van der Waals surface area contributed by atoms with Gasteiger partial charge in [0.05, 0.1) is 0 Å². The maximum Gasteiger partial charge on any atom is 0.255 e. The predicted octanol–water partition coefficient (Wildman–Crippen LogP) is 3.32. The predicted molar refractivity (Wildman–Crippen MR) is 82.0 cm³/mol. The molecule has 0 spiro atoms. The molecule has 1 aliphatic rings. The van der Waals surface area contributed by atoms with Gasteiger partial charge in [-0.3, -0.25) is 4.79 Å². The fourth-order valence-corrected chi connectivity index (χ4v) is 2.73. The number of carbonyl (C=O) groups is 1. The van der Waals surface area contributed by atoms with Crippen molar-refractivity contribution in [3.05, 3.63) is 58.7 Å². The number of benzene rings is 2. The summed E-state index contributed by atoms with van der Waals surface area (Å²) in [5.41, 5.74) is 11.6. The number of carbonyl (C=O) groups excluding carboxylic acids is 1. The van der Waals surface area contributed by atoms with Crippen molar-refractivity contribution in [2.45, 2.75) is 26.2 Å². The Balaban J connectivity index is 1.82. The zero-order chi connectivity index (χ0) is 14.1. The second-order valence-electron chi connectivity index (χ2n) is 5.37. The number of nitrogen functional groups attached to an aromatic ring is 1. The van der Waals surface area contributed by atoms with Gasteiger partial charge < -0.3 is 11.1 Å². The second kappa shape index (κ2) is 5.00. The first kappa shape index (κ1) is 12.7. The normalized spacial score (nSPS) is 13.1. The number of rotatable bonds is 2. The highest BCUT2D eigenvalue weighted by Gasteiger charge is 2.14. The number of aryl methyl sites for hydroxylation is 3. The molecule has 0 aromatic heterocycles. The number of nitrogens with one attached hydrogen (secondary N) is 1. The molecule has 2 aromatic rings. The maximum absolute atomic E-state index is 12.3. The average molecular weight is 266 g/mol. The van der Waals surface area contributed by atoms with Crippen molar-refractivity contribution < 1.29 is 4.79 Å². The van der Waals surface area contributed by atoms with E-state index in [0.717, 1.165) is 29.7 Å². The van der Waals surface area contributed by atoms with Crippen LogP contribution in [0.25, 0.3) is 0 Å². The highest BCUT2D eigenvalue weighted by atomic mass is 16.1. The Morgan fingerprint density at radius 3 is 2.70 bits per heavy atom. The number of hydrogen-bond acceptors (Lipinski definition) is 2. The van der Waals surface area contributed by atoms with Crippen LogP contribution in [-0.4, -0.2) is 5.91 Å². The third-order valence-corrected chi connectivity index (χ3v) is 3.86. The first-order valence-corrected chi connectivity index (χ1v) is 6.93. The fourth-order valence-electron chi connectivity index (χ4n) is 2.73. The van der Waals surface area contributed by atoms with Crippen molar-refractivity contribution in [3.8, 4) is 0 Å². The summed E-state index contributed by atoms with van der Waals surface area (Å²) in [5, 5.41) is 2.95. The van der Waals surface area contributed by atoms with Gasteiger partial charge in [-0.25, -0.2) is 0 Å². The molecule has 0 saturated heterocycles. The van der Waals surface area contributed by atoms with Crippen molar-refractivity contribution in [1.82, 2.24) is 0 Å². The van der Waals surface area contributed by atoms with Gasteiger partial charge in [0.15, 0.2) is 0 Å². The van der Waals surface area contributed by atoms with E-state index in [1.54, 1.807) is 6.07 Å². The monoisotopic (exact) mass is 266 g/mol. The molecule has 0 radical (unpaired) electrons. The molecular weight excluding hydrogens is 248 g/mol. The molecule has 20 heavy (non-hydrogen) atoms. The topological polar surface area (TPSA) is 55.1 Å². The van der Waals surface area contributed by atoms with Gasteiger partial charge in [-0.1, -0.05) is 6.07 Å². The van der Waals surface area contributed by atoms with Crippen LogP contribution in [0.1, 0.15) is 33.5 Å². The molecule has 102 valence electrons. The van der Waals surface area contributed by atoms with Crippen molar-refractivity contribution in [1.29, 1.82) is 0 Å². The summed E-state index contributed by atoms with van der Waals surface area (Å²) in [6.45, 7) is 1.94. The van der Waals surface area contributed by atoms with E-state index < -0.39 is 0 Å². The molecule has 3 N–H and O–H groups in total. The molecule has 0 heterocycles. The van der Waals surface area contributed by atoms with Gasteiger partial charge in [0.1, 0.15) is 0 Å². The molecule has 0 saturated carbocycles. The van der Waals surface area contributed by atoms with Crippen LogP contribution in [-0.2, 0) is 12.8 Å². The minimum Gasteiger partial charge on any atom is -0.399 e. The largest absolute Gasteiger partial charge is 0.399 e. The lowest BCUT2D eigenvalue weighted by Gasteiger charge is -2.10. The summed E-state index contributed by atoms with van der Waals surface area (Å²) in [5.74, 6) is -0.0624. The van der Waals surface area contributed by atoms with E-state index in [-0.39, 0.29) is 5.91 Å². The fraction of sp³-hybridized carbons (Fsp3) is 0.235. The summed E-state index contributed by atoms with van der Waals surface area (Å²) in [6.07, 6.45) is 3.41. The van der Waals surface area contributed by atoms with E-state index in [2.05, 4.69) is 11.4 Å². The molecule has 1 aliphatic carbocycles. The van der Waals surface area contributed by atoms with Crippen molar-refractivity contribution in [2.75, 3.05) is 11.1 Å². The van der Waals surface area contributed by atoms with Gasteiger partial charge in [0.2, 0.25) is 0 Å². The van der Waals surface area contributed by atoms with Crippen LogP contribution < -0.4 is 11.1 Å². The molecular formula is C17H18N2O. The summed E-state index contributed by atoms with van der Waals surface area (Å²) in [7, 11) is 0. The average Bonchev–Trinajstić information content (AvgIpc) is 2.89. The number of anilines is 2. The third kappa shape index (κ3) is 2.39. The molecule has 3 heteroatoms. The van der Waals surface area contributed by atoms with E-state index in [0.29, 0.717) is 5.69 Å². The first-order valence-electron chi connectivity index (χ1n) is 6.93. The molecule has 3 rings (SSSR count). The minimum atomic E-state index is -0.0624. The Morgan fingerprint density at radius 1 is 1.10 bits per heavy atom. The van der Waals surface area contributed by atoms with Crippen LogP contribution in [0.2, 0.25) is 0 Å². The molecule has 2 aromatic carbocycles. The van der Waals surface area contributed by atoms with Gasteiger partial charge in [-0.05, 0) is 73.2 Å². The van der Waals surface area contributed by atoms with Gasteiger partial charge in [0, 0.05) is 16.9 Å². The Kier molecular flexibility index (Phi) is 3.18. The van der Waals surface area contributed by atoms with Crippen LogP contribution in [0, 0.1) is 6.92 Å². The quantitative estimate of drug-likeness (QED) is 0.819. The zero-order valence-electron chi connectivity index (χ0n) is 11.6. The molecule has 0 unspecified atom stereocenters. The SMILES string of the molecule is Cc1cc(N)ccc1NC(=O)c1ccc2c(c1)CCC2. The minimum absolute atomic E-state index is 0.0624. The summed E-state index contributed by atoms with van der Waals surface area (Å²) >= 11 is 0. The highest BCUT2D eigenvalue weighted by Crippen LogP contribution is 2.24. The molecule has 0 fully saturated rings. The van der Waals surface area contributed by atoms with Crippen LogP contribution in [0.4, 0.5) is 11.4 Å². The van der Waals surface area contributed by atoms with E-state index in [1.165, 1.54) is 17.5 Å². The van der Waals surface area contributed by atoms with E-state index in [1.807, 2.05) is 31.2 Å². The Hall–Kier alpha value is -2.29. The lowest BCUT2D eigenvalue weighted by atomic mass is 10.1. The Labute approximate surface area is 118 Å². The smallest absolute Gasteiger partial charge is 0.255 e. The van der Waals surface area contributed by atoms with Gasteiger partial charge >= 0.3 is 0 Å². The number of amides is 1. The second-order valence-corrected chi connectivity index (χ2v) is 5.37. The van der Waals surface area contributed by atoms with Crippen molar-refractivity contribution >= 4 is 17.3 Å². The van der Waals surface area contributed by atoms with Crippen LogP contribution >= 0.6 is 0 Å². The van der Waals surface area contributed by atoms with Crippen molar-refractivity contribution in [2.24, 2.45) is 0 Å². The number of nitrogens with two attached hydrogens (primary N) is 1. The Bertz CT molecular complexity index is 677. The molecule has 0 bridgehead atoms. The lowest BCUT2D eigenvalue weighted by molar-refractivity contribution is 0.102. The van der Waals surface area contributed by atoms with Crippen LogP contribution in [0.5, 0.6) is 0 Å². The zero-order valence-corrected chi connectivity index (χ0v) is 11.6. The third-order valence-electron chi connectivity index (χ3n) is 3.86. The molecule has 3 nitrogen and oxygen atoms in total. The summed E-state index contributed by atoms with van der Waals surface area (Å²) in [4.78, 5) is 12.3. The lowest BCUT2D eigenvalue weighted by Crippen LogP contribution is -2.13. The standard InChI is InChI=1S/C17H18N2O/c1-11-9-15(18)7-8-16(11)19-17(20)14-6-5-12-3-2-4-13(12)10-14/h5-10H,2-4,18H2,1H3,(H,19,20). The van der Waals surface area contributed by atoms with Crippen molar-refractivity contribution in [3.63, 3.8) is 0 Å². The summed E-state index contributed by atoms with van der Waals surface area (Å²) in [6, 6.07) is 11.5. The van der Waals surface area contributed by atoms with E-state index >= 15 is 0 Å². The maximum atomic E-state index is 12.3. The highest BCUT2D eigenvalue weighted by molar-refractivity contribution is 6.04.